The number of hydrogen-bond donors (Lipinski definition) is 1. The van der Waals surface area contributed by atoms with Crippen molar-refractivity contribution in [1.82, 2.24) is 15.3 Å². The minimum absolute atomic E-state index is 0.000669. The Kier molecular flexibility index (Phi) is 4.24. The zero-order valence-corrected chi connectivity index (χ0v) is 14.5. The van der Waals surface area contributed by atoms with Crippen molar-refractivity contribution in [3.8, 4) is 5.88 Å². The Hall–Kier alpha value is -1.74. The lowest BCUT2D eigenvalue weighted by molar-refractivity contribution is -0.123. The van der Waals surface area contributed by atoms with E-state index >= 15 is 0 Å². The highest BCUT2D eigenvalue weighted by Crippen LogP contribution is 2.33. The third-order valence-electron chi connectivity index (χ3n) is 3.87. The van der Waals surface area contributed by atoms with Crippen LogP contribution >= 0.6 is 11.3 Å². The zero-order chi connectivity index (χ0) is 16.6. The van der Waals surface area contributed by atoms with Crippen molar-refractivity contribution in [2.75, 3.05) is 18.1 Å². The number of thiophene rings is 1. The number of fused-ring (bicyclic) bond motifs is 1. The second-order valence-electron chi connectivity index (χ2n) is 5.60. The van der Waals surface area contributed by atoms with E-state index in [1.165, 1.54) is 6.33 Å². The molecule has 1 N–H and O–H groups in total. The van der Waals surface area contributed by atoms with Crippen LogP contribution in [0.3, 0.4) is 0 Å². The van der Waals surface area contributed by atoms with Gasteiger partial charge in [-0.2, -0.15) is 0 Å². The zero-order valence-electron chi connectivity index (χ0n) is 12.8. The summed E-state index contributed by atoms with van der Waals surface area (Å²) in [6.45, 7) is 3.77. The molecule has 9 heteroatoms. The number of carbonyl (C=O) groups excluding carboxylic acids is 1. The van der Waals surface area contributed by atoms with E-state index < -0.39 is 9.84 Å². The maximum Gasteiger partial charge on any atom is 0.258 e. The van der Waals surface area contributed by atoms with Crippen LogP contribution < -0.4 is 10.1 Å². The second-order valence-corrected chi connectivity index (χ2v) is 9.03. The summed E-state index contributed by atoms with van der Waals surface area (Å²) in [6.07, 6.45) is 1.86. The van der Waals surface area contributed by atoms with E-state index in [1.807, 2.05) is 13.8 Å². The lowest BCUT2D eigenvalue weighted by Crippen LogP contribution is -2.38. The molecule has 0 radical (unpaired) electrons. The molecule has 0 aliphatic carbocycles. The molecule has 2 aromatic heterocycles. The molecule has 0 unspecified atom stereocenters. The van der Waals surface area contributed by atoms with Crippen LogP contribution in [-0.2, 0) is 14.6 Å². The number of carbonyl (C=O) groups is 1. The van der Waals surface area contributed by atoms with Crippen LogP contribution in [0.25, 0.3) is 10.2 Å². The van der Waals surface area contributed by atoms with Gasteiger partial charge in [-0.25, -0.2) is 18.4 Å². The van der Waals surface area contributed by atoms with Gasteiger partial charge in [-0.05, 0) is 25.8 Å². The summed E-state index contributed by atoms with van der Waals surface area (Å²) in [5.74, 6) is 0.160. The molecule has 1 fully saturated rings. The number of aryl methyl sites for hydroxylation is 2. The van der Waals surface area contributed by atoms with Gasteiger partial charge in [0, 0.05) is 10.9 Å². The smallest absolute Gasteiger partial charge is 0.258 e. The molecule has 1 aliphatic rings. The lowest BCUT2D eigenvalue weighted by atomic mass is 10.2. The molecule has 7 nitrogen and oxygen atoms in total. The Labute approximate surface area is 138 Å². The molecule has 0 saturated carbocycles. The predicted molar refractivity (Wildman–Crippen MR) is 87.6 cm³/mol. The van der Waals surface area contributed by atoms with Crippen molar-refractivity contribution >= 4 is 37.3 Å². The Morgan fingerprint density at radius 2 is 2.22 bits per heavy atom. The highest BCUT2D eigenvalue weighted by molar-refractivity contribution is 7.91. The Balaban J connectivity index is 1.66. The van der Waals surface area contributed by atoms with Gasteiger partial charge in [0.25, 0.3) is 5.91 Å². The number of ether oxygens (including phenoxy) is 1. The van der Waals surface area contributed by atoms with E-state index in [0.717, 1.165) is 20.7 Å². The molecular weight excluding hydrogens is 338 g/mol. The number of rotatable bonds is 4. The van der Waals surface area contributed by atoms with E-state index in [-0.39, 0.29) is 30.1 Å². The normalized spacial score (nSPS) is 19.8. The minimum Gasteiger partial charge on any atom is -0.467 e. The van der Waals surface area contributed by atoms with E-state index in [1.54, 1.807) is 11.3 Å². The first kappa shape index (κ1) is 16.1. The van der Waals surface area contributed by atoms with Gasteiger partial charge in [-0.3, -0.25) is 4.79 Å². The van der Waals surface area contributed by atoms with Crippen molar-refractivity contribution < 1.29 is 17.9 Å². The average molecular weight is 355 g/mol. The molecule has 1 atom stereocenters. The van der Waals surface area contributed by atoms with Crippen LogP contribution in [0.1, 0.15) is 16.9 Å². The second kappa shape index (κ2) is 6.04. The summed E-state index contributed by atoms with van der Waals surface area (Å²) in [5.41, 5.74) is 1.04. The maximum absolute atomic E-state index is 11.9. The van der Waals surface area contributed by atoms with Crippen molar-refractivity contribution in [2.24, 2.45) is 0 Å². The van der Waals surface area contributed by atoms with Gasteiger partial charge < -0.3 is 10.1 Å². The molecular formula is C14H17N3O4S2. The summed E-state index contributed by atoms with van der Waals surface area (Å²) in [6, 6.07) is -0.327. The molecule has 1 aliphatic heterocycles. The molecule has 1 saturated heterocycles. The van der Waals surface area contributed by atoms with Gasteiger partial charge in [0.15, 0.2) is 16.4 Å². The summed E-state index contributed by atoms with van der Waals surface area (Å²) in [4.78, 5) is 22.2. The van der Waals surface area contributed by atoms with E-state index in [4.69, 9.17) is 4.74 Å². The quantitative estimate of drug-likeness (QED) is 0.878. The number of amides is 1. The van der Waals surface area contributed by atoms with Crippen molar-refractivity contribution in [2.45, 2.75) is 26.3 Å². The van der Waals surface area contributed by atoms with Gasteiger partial charge in [-0.15, -0.1) is 11.3 Å². The van der Waals surface area contributed by atoms with E-state index in [2.05, 4.69) is 15.3 Å². The number of nitrogens with zero attached hydrogens (tertiary/aromatic N) is 2. The van der Waals surface area contributed by atoms with Crippen molar-refractivity contribution in [3.63, 3.8) is 0 Å². The first-order valence-electron chi connectivity index (χ1n) is 7.19. The Morgan fingerprint density at radius 3 is 2.91 bits per heavy atom. The van der Waals surface area contributed by atoms with Gasteiger partial charge >= 0.3 is 0 Å². The molecule has 3 heterocycles. The third kappa shape index (κ3) is 3.45. The van der Waals surface area contributed by atoms with E-state index in [9.17, 15) is 13.2 Å². The largest absolute Gasteiger partial charge is 0.467 e. The highest BCUT2D eigenvalue weighted by Gasteiger charge is 2.29. The molecule has 124 valence electrons. The average Bonchev–Trinajstić information content (AvgIpc) is 2.97. The van der Waals surface area contributed by atoms with E-state index in [0.29, 0.717) is 12.3 Å². The van der Waals surface area contributed by atoms with Crippen LogP contribution in [0.15, 0.2) is 6.33 Å². The molecule has 0 spiro atoms. The minimum atomic E-state index is -3.01. The third-order valence-corrected chi connectivity index (χ3v) is 6.75. The highest BCUT2D eigenvalue weighted by atomic mass is 32.2. The standard InChI is InChI=1S/C14H17N3O4S2/c1-8-9(2)22-14-12(8)13(15-7-16-14)21-5-11(18)17-10-3-4-23(19,20)6-10/h7,10H,3-6H2,1-2H3,(H,17,18)/t10-/m1/s1. The molecule has 0 bridgehead atoms. The molecule has 23 heavy (non-hydrogen) atoms. The predicted octanol–water partition coefficient (Wildman–Crippen LogP) is 0.990. The van der Waals surface area contributed by atoms with Gasteiger partial charge in [0.2, 0.25) is 5.88 Å². The van der Waals surface area contributed by atoms with Crippen LogP contribution in [-0.4, -0.2) is 48.4 Å². The molecule has 3 rings (SSSR count). The summed E-state index contributed by atoms with van der Waals surface area (Å²) in [7, 11) is -3.01. The maximum atomic E-state index is 11.9. The number of aromatic nitrogens is 2. The number of sulfone groups is 1. The van der Waals surface area contributed by atoms with Crippen molar-refractivity contribution in [1.29, 1.82) is 0 Å². The monoisotopic (exact) mass is 355 g/mol. The Bertz CT molecular complexity index is 860. The Morgan fingerprint density at radius 1 is 1.43 bits per heavy atom. The van der Waals surface area contributed by atoms with Crippen LogP contribution in [0.4, 0.5) is 0 Å². The topological polar surface area (TPSA) is 98.2 Å². The van der Waals surface area contributed by atoms with Crippen LogP contribution in [0.5, 0.6) is 5.88 Å². The summed E-state index contributed by atoms with van der Waals surface area (Å²) < 4.78 is 28.3. The van der Waals surface area contributed by atoms with Gasteiger partial charge in [0.05, 0.1) is 16.9 Å². The molecule has 1 amide bonds. The van der Waals surface area contributed by atoms with Gasteiger partial charge in [0.1, 0.15) is 11.2 Å². The number of nitrogens with one attached hydrogen (secondary N) is 1. The fraction of sp³-hybridized carbons (Fsp3) is 0.500. The lowest BCUT2D eigenvalue weighted by Gasteiger charge is -2.11. The van der Waals surface area contributed by atoms with Crippen molar-refractivity contribution in [3.05, 3.63) is 16.8 Å². The fourth-order valence-corrected chi connectivity index (χ4v) is 5.23. The summed E-state index contributed by atoms with van der Waals surface area (Å²) >= 11 is 1.55. The van der Waals surface area contributed by atoms with Crippen LogP contribution in [0.2, 0.25) is 0 Å². The number of hydrogen-bond acceptors (Lipinski definition) is 7. The SMILES string of the molecule is Cc1sc2ncnc(OCC(=O)N[C@@H]3CCS(=O)(=O)C3)c2c1C. The molecule has 0 aromatic carbocycles. The first-order chi connectivity index (χ1) is 10.9. The van der Waals surface area contributed by atoms with Crippen LogP contribution in [0, 0.1) is 13.8 Å². The first-order valence-corrected chi connectivity index (χ1v) is 9.83. The van der Waals surface area contributed by atoms with Gasteiger partial charge in [-0.1, -0.05) is 0 Å². The molecule has 2 aromatic rings. The summed E-state index contributed by atoms with van der Waals surface area (Å²) in [5, 5.41) is 3.51. The fourth-order valence-electron chi connectivity index (χ4n) is 2.57.